The third-order valence-electron chi connectivity index (χ3n) is 3.99. The summed E-state index contributed by atoms with van der Waals surface area (Å²) in [7, 11) is 0. The van der Waals surface area contributed by atoms with Crippen LogP contribution in [-0.2, 0) is 4.79 Å². The molecular formula is C19H19Cl2NO3. The van der Waals surface area contributed by atoms with E-state index in [1.54, 1.807) is 18.2 Å². The maximum absolute atomic E-state index is 12.2. The van der Waals surface area contributed by atoms with Gasteiger partial charge in [0.05, 0.1) is 24.3 Å². The van der Waals surface area contributed by atoms with Gasteiger partial charge in [0.2, 0.25) is 5.91 Å². The Morgan fingerprint density at radius 1 is 1.24 bits per heavy atom. The maximum Gasteiger partial charge on any atom is 0.220 e. The van der Waals surface area contributed by atoms with E-state index in [0.29, 0.717) is 41.9 Å². The quantitative estimate of drug-likeness (QED) is 0.733. The van der Waals surface area contributed by atoms with Crippen molar-refractivity contribution in [3.63, 3.8) is 0 Å². The summed E-state index contributed by atoms with van der Waals surface area (Å²) in [4.78, 5) is 12.2. The summed E-state index contributed by atoms with van der Waals surface area (Å²) in [6, 6.07) is 12.9. The molecule has 1 aliphatic heterocycles. The molecular weight excluding hydrogens is 361 g/mol. The number of ether oxygens (including phenoxy) is 2. The molecule has 0 aliphatic carbocycles. The minimum Gasteiger partial charge on any atom is -0.493 e. The number of amides is 1. The molecule has 0 radical (unpaired) electrons. The van der Waals surface area contributed by atoms with E-state index in [0.717, 1.165) is 17.7 Å². The Bertz CT molecular complexity index is 751. The molecule has 1 atom stereocenters. The largest absolute Gasteiger partial charge is 0.493 e. The first kappa shape index (κ1) is 17.9. The van der Waals surface area contributed by atoms with Gasteiger partial charge in [-0.15, -0.1) is 0 Å². The number of benzene rings is 2. The van der Waals surface area contributed by atoms with Gasteiger partial charge in [-0.1, -0.05) is 41.4 Å². The number of hydrogen-bond donors (Lipinski definition) is 1. The molecule has 1 amide bonds. The van der Waals surface area contributed by atoms with Gasteiger partial charge in [-0.25, -0.2) is 0 Å². The summed E-state index contributed by atoms with van der Waals surface area (Å²) < 4.78 is 11.2. The van der Waals surface area contributed by atoms with Crippen molar-refractivity contribution in [3.8, 4) is 11.5 Å². The van der Waals surface area contributed by atoms with Crippen molar-refractivity contribution in [1.82, 2.24) is 5.32 Å². The highest BCUT2D eigenvalue weighted by atomic mass is 35.5. The van der Waals surface area contributed by atoms with Gasteiger partial charge in [-0.05, 0) is 30.7 Å². The van der Waals surface area contributed by atoms with Gasteiger partial charge in [0.25, 0.3) is 0 Å². The zero-order valence-electron chi connectivity index (χ0n) is 13.6. The lowest BCUT2D eigenvalue weighted by atomic mass is 10.0. The third kappa shape index (κ3) is 4.80. The Balaban J connectivity index is 1.44. The van der Waals surface area contributed by atoms with Gasteiger partial charge in [0.1, 0.15) is 11.5 Å². The van der Waals surface area contributed by atoms with E-state index >= 15 is 0 Å². The average molecular weight is 380 g/mol. The number of carbonyl (C=O) groups is 1. The average Bonchev–Trinajstić information content (AvgIpc) is 2.60. The molecule has 3 rings (SSSR count). The van der Waals surface area contributed by atoms with Crippen LogP contribution in [0.1, 0.15) is 30.9 Å². The predicted octanol–water partition coefficient (Wildman–Crippen LogP) is 4.79. The van der Waals surface area contributed by atoms with E-state index in [-0.39, 0.29) is 11.9 Å². The minimum atomic E-state index is 0.00378. The van der Waals surface area contributed by atoms with Crippen LogP contribution in [0.15, 0.2) is 42.5 Å². The SMILES string of the molecule is O=C(CCCOc1ccc(Cl)cc1Cl)N[C@@H]1CCOc2ccccc21. The van der Waals surface area contributed by atoms with Crippen molar-refractivity contribution < 1.29 is 14.3 Å². The molecule has 2 aromatic carbocycles. The van der Waals surface area contributed by atoms with E-state index in [9.17, 15) is 4.79 Å². The highest BCUT2D eigenvalue weighted by Crippen LogP contribution is 2.31. The zero-order valence-corrected chi connectivity index (χ0v) is 15.1. The van der Waals surface area contributed by atoms with E-state index in [4.69, 9.17) is 32.7 Å². The van der Waals surface area contributed by atoms with Crippen molar-refractivity contribution in [2.75, 3.05) is 13.2 Å². The van der Waals surface area contributed by atoms with Crippen LogP contribution in [0.25, 0.3) is 0 Å². The second-order valence-electron chi connectivity index (χ2n) is 5.82. The third-order valence-corrected chi connectivity index (χ3v) is 4.52. The molecule has 0 saturated heterocycles. The van der Waals surface area contributed by atoms with Crippen LogP contribution in [0.3, 0.4) is 0 Å². The van der Waals surface area contributed by atoms with Crippen LogP contribution in [0, 0.1) is 0 Å². The molecule has 0 aromatic heterocycles. The number of para-hydroxylation sites is 1. The second-order valence-corrected chi connectivity index (χ2v) is 6.67. The number of halogens is 2. The Hall–Kier alpha value is -1.91. The molecule has 1 aliphatic rings. The number of fused-ring (bicyclic) bond motifs is 1. The highest BCUT2D eigenvalue weighted by molar-refractivity contribution is 6.35. The molecule has 0 fully saturated rings. The van der Waals surface area contributed by atoms with Crippen molar-refractivity contribution in [1.29, 1.82) is 0 Å². The van der Waals surface area contributed by atoms with Gasteiger partial charge in [0, 0.05) is 23.4 Å². The van der Waals surface area contributed by atoms with Crippen LogP contribution >= 0.6 is 23.2 Å². The van der Waals surface area contributed by atoms with Crippen molar-refractivity contribution >= 4 is 29.1 Å². The van der Waals surface area contributed by atoms with Crippen LogP contribution in [-0.4, -0.2) is 19.1 Å². The van der Waals surface area contributed by atoms with Gasteiger partial charge >= 0.3 is 0 Å². The first-order valence-electron chi connectivity index (χ1n) is 8.22. The molecule has 2 aromatic rings. The van der Waals surface area contributed by atoms with Crippen molar-refractivity contribution in [2.45, 2.75) is 25.3 Å². The lowest BCUT2D eigenvalue weighted by Gasteiger charge is -2.26. The van der Waals surface area contributed by atoms with Crippen LogP contribution in [0.4, 0.5) is 0 Å². The summed E-state index contributed by atoms with van der Waals surface area (Å²) in [6.45, 7) is 1.03. The summed E-state index contributed by atoms with van der Waals surface area (Å²) >= 11 is 11.9. The van der Waals surface area contributed by atoms with Crippen molar-refractivity contribution in [2.24, 2.45) is 0 Å². The van der Waals surface area contributed by atoms with E-state index in [1.807, 2.05) is 24.3 Å². The molecule has 1 heterocycles. The molecule has 0 bridgehead atoms. The van der Waals surface area contributed by atoms with Gasteiger partial charge in [-0.2, -0.15) is 0 Å². The standard InChI is InChI=1S/C19H19Cl2NO3/c20-13-7-8-18(15(21)12-13)24-10-3-6-19(23)22-16-9-11-25-17-5-2-1-4-14(16)17/h1-2,4-5,7-8,12,16H,3,6,9-11H2,(H,22,23)/t16-/m1/s1. The predicted molar refractivity (Wildman–Crippen MR) is 98.6 cm³/mol. The number of rotatable bonds is 6. The van der Waals surface area contributed by atoms with Crippen LogP contribution in [0.2, 0.25) is 10.0 Å². The van der Waals surface area contributed by atoms with Gasteiger partial charge < -0.3 is 14.8 Å². The van der Waals surface area contributed by atoms with Gasteiger partial charge in [-0.3, -0.25) is 4.79 Å². The Kier molecular flexibility index (Phi) is 6.05. The molecule has 25 heavy (non-hydrogen) atoms. The van der Waals surface area contributed by atoms with E-state index < -0.39 is 0 Å². The van der Waals surface area contributed by atoms with Crippen molar-refractivity contribution in [3.05, 3.63) is 58.1 Å². The van der Waals surface area contributed by atoms with Crippen LogP contribution in [0.5, 0.6) is 11.5 Å². The summed E-state index contributed by atoms with van der Waals surface area (Å²) in [5.41, 5.74) is 1.03. The van der Waals surface area contributed by atoms with E-state index in [2.05, 4.69) is 5.32 Å². The molecule has 0 saturated carbocycles. The highest BCUT2D eigenvalue weighted by Gasteiger charge is 2.22. The lowest BCUT2D eigenvalue weighted by Crippen LogP contribution is -2.32. The minimum absolute atomic E-state index is 0.00378. The zero-order chi connectivity index (χ0) is 17.6. The summed E-state index contributed by atoms with van der Waals surface area (Å²) in [5.74, 6) is 1.43. The smallest absolute Gasteiger partial charge is 0.220 e. The van der Waals surface area contributed by atoms with Gasteiger partial charge in [0.15, 0.2) is 0 Å². The van der Waals surface area contributed by atoms with E-state index in [1.165, 1.54) is 0 Å². The normalized spacial score (nSPS) is 15.8. The molecule has 6 heteroatoms. The first-order valence-corrected chi connectivity index (χ1v) is 8.98. The summed E-state index contributed by atoms with van der Waals surface area (Å²) in [5, 5.41) is 4.11. The van der Waals surface area contributed by atoms with Crippen LogP contribution < -0.4 is 14.8 Å². The maximum atomic E-state index is 12.2. The molecule has 0 spiro atoms. The lowest BCUT2D eigenvalue weighted by molar-refractivity contribution is -0.122. The molecule has 0 unspecified atom stereocenters. The second kappa shape index (κ2) is 8.45. The fourth-order valence-electron chi connectivity index (χ4n) is 2.77. The first-order chi connectivity index (χ1) is 12.1. The monoisotopic (exact) mass is 379 g/mol. The topological polar surface area (TPSA) is 47.6 Å². The Morgan fingerprint density at radius 3 is 2.92 bits per heavy atom. The number of carbonyl (C=O) groups excluding carboxylic acids is 1. The summed E-state index contributed by atoms with van der Waals surface area (Å²) in [6.07, 6.45) is 1.78. The fourth-order valence-corrected chi connectivity index (χ4v) is 3.23. The molecule has 4 nitrogen and oxygen atoms in total. The Labute approximate surface area is 157 Å². The number of hydrogen-bond acceptors (Lipinski definition) is 3. The molecule has 132 valence electrons. The Morgan fingerprint density at radius 2 is 2.08 bits per heavy atom. The number of nitrogens with one attached hydrogen (secondary N) is 1. The molecule has 1 N–H and O–H groups in total. The fraction of sp³-hybridized carbons (Fsp3) is 0.316.